The van der Waals surface area contributed by atoms with Gasteiger partial charge in [-0.25, -0.2) is 9.13 Å². The second kappa shape index (κ2) is 73.9. The van der Waals surface area contributed by atoms with Gasteiger partial charge in [0.25, 0.3) is 0 Å². The van der Waals surface area contributed by atoms with Gasteiger partial charge >= 0.3 is 39.5 Å². The lowest BCUT2D eigenvalue weighted by atomic mass is 10.0. The summed E-state index contributed by atoms with van der Waals surface area (Å²) in [5, 5.41) is 10.6. The van der Waals surface area contributed by atoms with E-state index in [0.717, 1.165) is 89.9 Å². The summed E-state index contributed by atoms with van der Waals surface area (Å²) in [7, 11) is -9.91. The Morgan fingerprint density at radius 1 is 0.270 bits per heavy atom. The van der Waals surface area contributed by atoms with Crippen LogP contribution < -0.4 is 0 Å². The van der Waals surface area contributed by atoms with E-state index in [1.807, 2.05) is 0 Å². The maximum atomic E-state index is 13.1. The van der Waals surface area contributed by atoms with Crippen LogP contribution in [0.25, 0.3) is 0 Å². The number of unbranched alkanes of at least 4 members (excludes halogenated alkanes) is 53. The van der Waals surface area contributed by atoms with Crippen LogP contribution in [0.3, 0.4) is 0 Å². The van der Waals surface area contributed by atoms with Crippen LogP contribution in [0.15, 0.2) is 0 Å². The minimum Gasteiger partial charge on any atom is -0.462 e. The van der Waals surface area contributed by atoms with E-state index in [0.29, 0.717) is 31.6 Å². The van der Waals surface area contributed by atoms with Gasteiger partial charge in [-0.1, -0.05) is 381 Å². The molecule has 100 heavy (non-hydrogen) atoms. The van der Waals surface area contributed by atoms with Crippen LogP contribution in [-0.4, -0.2) is 96.7 Å². The van der Waals surface area contributed by atoms with Crippen molar-refractivity contribution in [2.24, 2.45) is 5.92 Å². The van der Waals surface area contributed by atoms with Gasteiger partial charge in [-0.05, 0) is 31.6 Å². The summed E-state index contributed by atoms with van der Waals surface area (Å²) < 4.78 is 68.6. The van der Waals surface area contributed by atoms with E-state index >= 15 is 0 Å². The molecule has 0 bridgehead atoms. The molecule has 0 radical (unpaired) electrons. The highest BCUT2D eigenvalue weighted by atomic mass is 31.2. The zero-order valence-electron chi connectivity index (χ0n) is 65.3. The predicted molar refractivity (Wildman–Crippen MR) is 409 cm³/mol. The molecule has 0 aliphatic heterocycles. The molecule has 0 fully saturated rings. The van der Waals surface area contributed by atoms with Crippen molar-refractivity contribution in [2.75, 3.05) is 39.6 Å². The second-order valence-electron chi connectivity index (χ2n) is 29.6. The molecule has 2 unspecified atom stereocenters. The third-order valence-electron chi connectivity index (χ3n) is 19.0. The van der Waals surface area contributed by atoms with E-state index in [2.05, 4.69) is 34.6 Å². The number of rotatable bonds is 81. The van der Waals surface area contributed by atoms with Crippen molar-refractivity contribution in [1.82, 2.24) is 0 Å². The maximum absolute atomic E-state index is 13.1. The number of aliphatic hydroxyl groups excluding tert-OH is 1. The standard InChI is InChI=1S/C81H158O17P2/c1-6-9-12-15-18-21-23-25-27-29-31-32-33-35-37-39-41-43-46-51-56-61-66-80(85)97-76(70-92-79(84)65-60-55-50-45-42-40-38-36-34-30-28-26-24-22-19-16-13-10-7-2)72-95-99(87,88)93-68-75(82)69-94-100(89,90)96-73-77(71-91-78(83)64-59-54-49-44-20-17-14-11-8-3)98-81(86)67-62-57-52-47-48-53-58-63-74(4)5/h74-77,82H,6-73H2,1-5H3,(H,87,88)(H,89,90)/t75-,76-,77-/m1/s1. The van der Waals surface area contributed by atoms with Gasteiger partial charge in [-0.15, -0.1) is 0 Å². The van der Waals surface area contributed by atoms with Crippen molar-refractivity contribution in [2.45, 2.75) is 451 Å². The van der Waals surface area contributed by atoms with Crippen molar-refractivity contribution in [3.63, 3.8) is 0 Å². The van der Waals surface area contributed by atoms with E-state index in [-0.39, 0.29) is 25.7 Å². The van der Waals surface area contributed by atoms with Crippen LogP contribution in [0.4, 0.5) is 0 Å². The van der Waals surface area contributed by atoms with Gasteiger partial charge in [0.2, 0.25) is 0 Å². The number of hydrogen-bond donors (Lipinski definition) is 3. The summed E-state index contributed by atoms with van der Waals surface area (Å²) in [6.45, 7) is 7.24. The van der Waals surface area contributed by atoms with Crippen molar-refractivity contribution < 1.29 is 80.2 Å². The molecule has 0 saturated carbocycles. The average Bonchev–Trinajstić information content (AvgIpc) is 0.928. The molecule has 0 aliphatic carbocycles. The molecule has 0 heterocycles. The number of ether oxygens (including phenoxy) is 4. The molecule has 0 spiro atoms. The Balaban J connectivity index is 5.16. The summed E-state index contributed by atoms with van der Waals surface area (Å²) in [5.41, 5.74) is 0. The van der Waals surface area contributed by atoms with Crippen LogP contribution in [0.2, 0.25) is 0 Å². The molecule has 0 aromatic carbocycles. The first-order chi connectivity index (χ1) is 48.5. The Hall–Kier alpha value is -1.94. The number of phosphoric ester groups is 2. The summed E-state index contributed by atoms with van der Waals surface area (Å²) >= 11 is 0. The Morgan fingerprint density at radius 3 is 0.680 bits per heavy atom. The van der Waals surface area contributed by atoms with Crippen molar-refractivity contribution in [1.29, 1.82) is 0 Å². The molecule has 594 valence electrons. The van der Waals surface area contributed by atoms with E-state index in [1.54, 1.807) is 0 Å². The first-order valence-electron chi connectivity index (χ1n) is 42.1. The van der Waals surface area contributed by atoms with Gasteiger partial charge in [0.1, 0.15) is 19.3 Å². The monoisotopic (exact) mass is 1470 g/mol. The normalized spacial score (nSPS) is 13.8. The lowest BCUT2D eigenvalue weighted by Crippen LogP contribution is -2.30. The third-order valence-corrected chi connectivity index (χ3v) is 20.9. The van der Waals surface area contributed by atoms with Crippen LogP contribution in [-0.2, 0) is 65.4 Å². The lowest BCUT2D eigenvalue weighted by Gasteiger charge is -2.21. The minimum atomic E-state index is -4.96. The molecule has 0 aliphatic rings. The predicted octanol–water partition coefficient (Wildman–Crippen LogP) is 24.4. The van der Waals surface area contributed by atoms with Crippen LogP contribution in [0, 0.1) is 5.92 Å². The van der Waals surface area contributed by atoms with Gasteiger partial charge < -0.3 is 33.8 Å². The van der Waals surface area contributed by atoms with Crippen molar-refractivity contribution >= 4 is 39.5 Å². The number of hydrogen-bond acceptors (Lipinski definition) is 15. The summed E-state index contributed by atoms with van der Waals surface area (Å²) in [5.74, 6) is -1.42. The fraction of sp³-hybridized carbons (Fsp3) is 0.951. The average molecular weight is 1470 g/mol. The van der Waals surface area contributed by atoms with Crippen LogP contribution >= 0.6 is 15.6 Å². The van der Waals surface area contributed by atoms with E-state index in [9.17, 15) is 43.2 Å². The zero-order chi connectivity index (χ0) is 73.4. The molecule has 17 nitrogen and oxygen atoms in total. The molecule has 3 N–H and O–H groups in total. The SMILES string of the molecule is CCCCCCCCCCCCCCCCCCCCCCCCC(=O)O[C@H](COC(=O)CCCCCCCCCCCCCCCCCCCCC)COP(=O)(O)OC[C@@H](O)COP(=O)(O)OC[C@@H](COC(=O)CCCCCCCCCCC)OC(=O)CCCCCCCCCC(C)C. The van der Waals surface area contributed by atoms with Gasteiger partial charge in [-0.2, -0.15) is 0 Å². The molecular formula is C81H158O17P2. The second-order valence-corrected chi connectivity index (χ2v) is 32.5. The van der Waals surface area contributed by atoms with Gasteiger partial charge in [0, 0.05) is 25.7 Å². The number of esters is 4. The first kappa shape index (κ1) is 98.1. The van der Waals surface area contributed by atoms with E-state index in [4.69, 9.17) is 37.0 Å². The van der Waals surface area contributed by atoms with E-state index < -0.39 is 97.5 Å². The largest absolute Gasteiger partial charge is 0.472 e. The zero-order valence-corrected chi connectivity index (χ0v) is 67.1. The van der Waals surface area contributed by atoms with Crippen LogP contribution in [0.1, 0.15) is 433 Å². The quantitative estimate of drug-likeness (QED) is 0.0222. The molecule has 19 heteroatoms. The van der Waals surface area contributed by atoms with E-state index in [1.165, 1.54) is 257 Å². The fourth-order valence-electron chi connectivity index (χ4n) is 12.6. The van der Waals surface area contributed by atoms with Gasteiger partial charge in [0.15, 0.2) is 12.2 Å². The summed E-state index contributed by atoms with van der Waals surface area (Å²) in [4.78, 5) is 72.9. The minimum absolute atomic E-state index is 0.104. The number of carbonyl (C=O) groups excluding carboxylic acids is 4. The molecule has 0 aromatic heterocycles. The highest BCUT2D eigenvalue weighted by Crippen LogP contribution is 2.45. The highest BCUT2D eigenvalue weighted by Gasteiger charge is 2.30. The fourth-order valence-corrected chi connectivity index (χ4v) is 14.2. The van der Waals surface area contributed by atoms with Gasteiger partial charge in [-0.3, -0.25) is 37.3 Å². The Labute approximate surface area is 613 Å². The first-order valence-corrected chi connectivity index (χ1v) is 45.1. The summed E-state index contributed by atoms with van der Waals surface area (Å²) in [6.07, 6.45) is 65.6. The molecule has 0 rings (SSSR count). The summed E-state index contributed by atoms with van der Waals surface area (Å²) in [6, 6.07) is 0. The highest BCUT2D eigenvalue weighted by molar-refractivity contribution is 7.47. The topological polar surface area (TPSA) is 237 Å². The van der Waals surface area contributed by atoms with Crippen molar-refractivity contribution in [3.8, 4) is 0 Å². The number of carbonyl (C=O) groups is 4. The Kier molecular flexibility index (Phi) is 72.5. The molecule has 0 aromatic rings. The van der Waals surface area contributed by atoms with Gasteiger partial charge in [0.05, 0.1) is 26.4 Å². The Bertz CT molecular complexity index is 1910. The maximum Gasteiger partial charge on any atom is 0.472 e. The lowest BCUT2D eigenvalue weighted by molar-refractivity contribution is -0.161. The number of aliphatic hydroxyl groups is 1. The molecule has 0 amide bonds. The third kappa shape index (κ3) is 74.3. The molecule has 0 saturated heterocycles. The molecular weight excluding hydrogens is 1310 g/mol. The molecule has 5 atom stereocenters. The van der Waals surface area contributed by atoms with Crippen molar-refractivity contribution in [3.05, 3.63) is 0 Å². The Morgan fingerprint density at radius 2 is 0.460 bits per heavy atom. The van der Waals surface area contributed by atoms with Crippen LogP contribution in [0.5, 0.6) is 0 Å². The number of phosphoric acid groups is 2. The smallest absolute Gasteiger partial charge is 0.462 e.